The van der Waals surface area contributed by atoms with Gasteiger partial charge < -0.3 is 14.7 Å². The van der Waals surface area contributed by atoms with Crippen LogP contribution in [0, 0.1) is 5.92 Å². The molecule has 0 bridgehead atoms. The molecule has 6 rings (SSSR count). The van der Waals surface area contributed by atoms with Crippen molar-refractivity contribution >= 4 is 22.7 Å². The number of anilines is 1. The molecule has 3 heterocycles. The first-order valence-corrected chi connectivity index (χ1v) is 12.3. The zero-order valence-electron chi connectivity index (χ0n) is 18.8. The lowest BCUT2D eigenvalue weighted by Gasteiger charge is -2.34. The molecule has 2 aliphatic carbocycles. The predicted octanol–water partition coefficient (Wildman–Crippen LogP) is 4.78. The van der Waals surface area contributed by atoms with Gasteiger partial charge in [0.2, 0.25) is 0 Å². The van der Waals surface area contributed by atoms with Crippen molar-refractivity contribution in [3.05, 3.63) is 47.8 Å². The van der Waals surface area contributed by atoms with Gasteiger partial charge in [-0.25, -0.2) is 14.5 Å². The Labute approximate surface area is 193 Å². The van der Waals surface area contributed by atoms with Gasteiger partial charge in [-0.15, -0.1) is 0 Å². The number of ether oxygens (including phenoxy) is 1. The van der Waals surface area contributed by atoms with Crippen molar-refractivity contribution in [1.29, 1.82) is 0 Å². The van der Waals surface area contributed by atoms with Crippen LogP contribution in [0.2, 0.25) is 0 Å². The van der Waals surface area contributed by atoms with Crippen LogP contribution in [0.4, 0.5) is 5.69 Å². The predicted molar refractivity (Wildman–Crippen MR) is 126 cm³/mol. The van der Waals surface area contributed by atoms with E-state index >= 15 is 0 Å². The summed E-state index contributed by atoms with van der Waals surface area (Å²) in [5, 5.41) is 15.9. The molecule has 0 radical (unpaired) electrons. The number of pyridine rings is 1. The molecule has 1 aliphatic heterocycles. The summed E-state index contributed by atoms with van der Waals surface area (Å²) in [6.45, 7) is 2.60. The maximum atomic E-state index is 12.0. The van der Waals surface area contributed by atoms with Gasteiger partial charge in [0.25, 0.3) is 0 Å². The second-order valence-corrected chi connectivity index (χ2v) is 9.75. The molecule has 1 saturated heterocycles. The van der Waals surface area contributed by atoms with Crippen LogP contribution in [-0.4, -0.2) is 51.6 Å². The Balaban J connectivity index is 1.41. The van der Waals surface area contributed by atoms with Crippen molar-refractivity contribution in [1.82, 2.24) is 14.8 Å². The number of carboxylic acid groups (broad SMARTS) is 1. The van der Waals surface area contributed by atoms with Gasteiger partial charge in [0.1, 0.15) is 0 Å². The Morgan fingerprint density at radius 3 is 2.45 bits per heavy atom. The molecule has 0 spiro atoms. The number of piperidine rings is 1. The molecule has 3 fully saturated rings. The minimum atomic E-state index is -1.01. The van der Waals surface area contributed by atoms with E-state index in [-0.39, 0.29) is 5.69 Å². The maximum Gasteiger partial charge on any atom is 0.354 e. The number of rotatable bonds is 7. The fourth-order valence-electron chi connectivity index (χ4n) is 5.02. The van der Waals surface area contributed by atoms with Gasteiger partial charge in [0.05, 0.1) is 28.6 Å². The van der Waals surface area contributed by atoms with Crippen LogP contribution < -0.4 is 4.90 Å². The molecule has 7 heteroatoms. The smallest absolute Gasteiger partial charge is 0.354 e. The monoisotopic (exact) mass is 446 g/mol. The van der Waals surface area contributed by atoms with Gasteiger partial charge in [-0.3, -0.25) is 0 Å². The van der Waals surface area contributed by atoms with Crippen LogP contribution in [0.15, 0.2) is 36.4 Å². The zero-order valence-corrected chi connectivity index (χ0v) is 18.8. The molecule has 0 amide bonds. The number of fused-ring (bicyclic) bond motifs is 1. The molecule has 3 aromatic rings. The first-order chi connectivity index (χ1) is 16.2. The lowest BCUT2D eigenvalue weighted by atomic mass is 9.82. The molecule has 7 nitrogen and oxygen atoms in total. The molecule has 1 N–H and O–H groups in total. The minimum absolute atomic E-state index is 0.0712. The number of hydrogen-bond acceptors (Lipinski definition) is 5. The molecule has 33 heavy (non-hydrogen) atoms. The fourth-order valence-corrected chi connectivity index (χ4v) is 5.02. The third-order valence-electron chi connectivity index (χ3n) is 7.40. The normalized spacial score (nSPS) is 19.7. The van der Waals surface area contributed by atoms with E-state index in [9.17, 15) is 9.90 Å². The molecule has 2 aromatic heterocycles. The van der Waals surface area contributed by atoms with Gasteiger partial charge in [-0.1, -0.05) is 24.6 Å². The molecule has 0 atom stereocenters. The first-order valence-electron chi connectivity index (χ1n) is 12.3. The maximum absolute atomic E-state index is 12.0. The van der Waals surface area contributed by atoms with Crippen LogP contribution >= 0.6 is 0 Å². The van der Waals surface area contributed by atoms with Crippen molar-refractivity contribution in [2.24, 2.45) is 5.92 Å². The minimum Gasteiger partial charge on any atom is -0.477 e. The average molecular weight is 447 g/mol. The van der Waals surface area contributed by atoms with E-state index in [1.165, 1.54) is 19.3 Å². The first kappa shape index (κ1) is 20.7. The number of nitrogens with zero attached hydrogens (tertiary/aromatic N) is 4. The Bertz CT molecular complexity index is 1160. The van der Waals surface area contributed by atoms with E-state index in [1.807, 2.05) is 35.0 Å². The lowest BCUT2D eigenvalue weighted by Crippen LogP contribution is -2.37. The molecule has 2 saturated carbocycles. The van der Waals surface area contributed by atoms with E-state index in [2.05, 4.69) is 9.88 Å². The Morgan fingerprint density at radius 1 is 1.06 bits per heavy atom. The van der Waals surface area contributed by atoms with E-state index in [0.717, 1.165) is 73.8 Å². The quantitative estimate of drug-likeness (QED) is 0.563. The highest BCUT2D eigenvalue weighted by Crippen LogP contribution is 2.43. The summed E-state index contributed by atoms with van der Waals surface area (Å²) in [5.74, 6) is 0.176. The van der Waals surface area contributed by atoms with Crippen molar-refractivity contribution in [3.8, 4) is 5.69 Å². The highest BCUT2D eigenvalue weighted by atomic mass is 16.5. The number of benzene rings is 1. The van der Waals surface area contributed by atoms with Crippen molar-refractivity contribution < 1.29 is 14.6 Å². The number of hydrogen-bond donors (Lipinski definition) is 1. The SMILES string of the molecule is O=C(O)c1cc(N2CCC(OCC3CC3)CC2)c2c(C3CCC3)nn(-c3ccccc3)c2n1. The van der Waals surface area contributed by atoms with Crippen LogP contribution in [0.5, 0.6) is 0 Å². The van der Waals surface area contributed by atoms with Crippen LogP contribution in [0.1, 0.15) is 67.0 Å². The summed E-state index contributed by atoms with van der Waals surface area (Å²) in [6.07, 6.45) is 8.30. The third-order valence-corrected chi connectivity index (χ3v) is 7.40. The second-order valence-electron chi connectivity index (χ2n) is 9.75. The van der Waals surface area contributed by atoms with Crippen molar-refractivity contribution in [2.45, 2.75) is 57.0 Å². The van der Waals surface area contributed by atoms with Gasteiger partial charge in [-0.2, -0.15) is 5.10 Å². The topological polar surface area (TPSA) is 80.5 Å². The highest BCUT2D eigenvalue weighted by molar-refractivity contribution is 5.98. The lowest BCUT2D eigenvalue weighted by molar-refractivity contribution is 0.0305. The number of aromatic nitrogens is 3. The molecule has 3 aliphatic rings. The summed E-state index contributed by atoms with van der Waals surface area (Å²) in [7, 11) is 0. The molecular weight excluding hydrogens is 416 g/mol. The van der Waals surface area contributed by atoms with E-state index in [1.54, 1.807) is 6.07 Å². The third kappa shape index (κ3) is 3.99. The Kier molecular flexibility index (Phi) is 5.29. The fraction of sp³-hybridized carbons (Fsp3) is 0.500. The molecule has 172 valence electrons. The van der Waals surface area contributed by atoms with Crippen LogP contribution in [0.3, 0.4) is 0 Å². The van der Waals surface area contributed by atoms with Crippen LogP contribution in [-0.2, 0) is 4.74 Å². The number of carboxylic acids is 1. The summed E-state index contributed by atoms with van der Waals surface area (Å²) in [4.78, 5) is 18.9. The van der Waals surface area contributed by atoms with E-state index in [4.69, 9.17) is 9.84 Å². The second kappa shape index (κ2) is 8.45. The molecule has 0 unspecified atom stereocenters. The van der Waals surface area contributed by atoms with Gasteiger partial charge in [0.15, 0.2) is 11.3 Å². The van der Waals surface area contributed by atoms with Crippen molar-refractivity contribution in [3.63, 3.8) is 0 Å². The number of para-hydroxylation sites is 1. The van der Waals surface area contributed by atoms with Gasteiger partial charge in [-0.05, 0) is 62.6 Å². The summed E-state index contributed by atoms with van der Waals surface area (Å²) < 4.78 is 7.98. The van der Waals surface area contributed by atoms with E-state index < -0.39 is 5.97 Å². The zero-order chi connectivity index (χ0) is 22.4. The van der Waals surface area contributed by atoms with E-state index in [0.29, 0.717) is 17.7 Å². The largest absolute Gasteiger partial charge is 0.477 e. The molecular formula is C26H30N4O3. The van der Waals surface area contributed by atoms with Gasteiger partial charge >= 0.3 is 5.97 Å². The summed E-state index contributed by atoms with van der Waals surface area (Å²) in [5.41, 5.74) is 3.64. The number of carbonyl (C=O) groups is 1. The highest BCUT2D eigenvalue weighted by Gasteiger charge is 2.32. The summed E-state index contributed by atoms with van der Waals surface area (Å²) >= 11 is 0. The Morgan fingerprint density at radius 2 is 1.82 bits per heavy atom. The molecule has 1 aromatic carbocycles. The number of aromatic carboxylic acids is 1. The standard InChI is InChI=1S/C26H30N4O3/c31-26(32)21-15-22(29-13-11-20(12-14-29)33-16-17-9-10-17)23-24(18-5-4-6-18)28-30(25(23)27-21)19-7-2-1-3-8-19/h1-3,7-8,15,17-18,20H,4-6,9-14,16H2,(H,31,32). The van der Waals surface area contributed by atoms with Crippen LogP contribution in [0.25, 0.3) is 16.7 Å². The average Bonchev–Trinajstić information content (AvgIpc) is 3.57. The van der Waals surface area contributed by atoms with Gasteiger partial charge in [0, 0.05) is 25.6 Å². The van der Waals surface area contributed by atoms with Crippen molar-refractivity contribution in [2.75, 3.05) is 24.6 Å². The Hall–Kier alpha value is -2.93. The summed E-state index contributed by atoms with van der Waals surface area (Å²) in [6, 6.07) is 11.7.